The van der Waals surface area contributed by atoms with Gasteiger partial charge in [0.25, 0.3) is 5.56 Å². The van der Waals surface area contributed by atoms with Crippen molar-refractivity contribution in [3.05, 3.63) is 38.9 Å². The molecule has 1 saturated heterocycles. The van der Waals surface area contributed by atoms with Gasteiger partial charge in [-0.05, 0) is 6.08 Å². The van der Waals surface area contributed by atoms with E-state index >= 15 is 0 Å². The Balaban J connectivity index is 2.35. The van der Waals surface area contributed by atoms with Crippen molar-refractivity contribution in [1.29, 1.82) is 0 Å². The van der Waals surface area contributed by atoms with E-state index < -0.39 is 29.7 Å². The van der Waals surface area contributed by atoms with E-state index in [1.807, 2.05) is 0 Å². The fourth-order valence-corrected chi connectivity index (χ4v) is 2.03. The molecule has 8 heteroatoms. The molecule has 110 valence electrons. The fraction of sp³-hybridized carbons (Fsp3) is 0.500. The Bertz CT molecular complexity index is 605. The molecule has 0 bridgehead atoms. The van der Waals surface area contributed by atoms with E-state index in [0.29, 0.717) is 0 Å². The Morgan fingerprint density at radius 2 is 2.35 bits per heavy atom. The number of methoxy groups -OCH3 is 1. The number of rotatable bonds is 4. The molecule has 1 aromatic heterocycles. The molecule has 1 aliphatic heterocycles. The Kier molecular flexibility index (Phi) is 4.38. The summed E-state index contributed by atoms with van der Waals surface area (Å²) in [6.07, 6.45) is 1.86. The molecule has 0 saturated carbocycles. The maximum Gasteiger partial charge on any atom is 0.330 e. The number of aliphatic hydroxyl groups excluding tert-OH is 2. The van der Waals surface area contributed by atoms with Gasteiger partial charge in [0.1, 0.15) is 12.3 Å². The van der Waals surface area contributed by atoms with Crippen molar-refractivity contribution in [3.8, 4) is 0 Å². The highest BCUT2D eigenvalue weighted by Gasteiger charge is 2.35. The van der Waals surface area contributed by atoms with Crippen molar-refractivity contribution in [2.24, 2.45) is 0 Å². The number of aliphatic hydroxyl groups is 2. The summed E-state index contributed by atoms with van der Waals surface area (Å²) in [5.41, 5.74) is -0.964. The molecule has 0 amide bonds. The first kappa shape index (κ1) is 14.5. The summed E-state index contributed by atoms with van der Waals surface area (Å²) in [5.74, 6) is 0. The van der Waals surface area contributed by atoms with Crippen LogP contribution in [0.5, 0.6) is 0 Å². The standard InChI is InChI=1S/C12H16N2O6/c1-19-3-2-7-5-14(12(18)13-11(7)17)10-4-8(16)9(6-15)20-10/h2-3,5,8-10,15-16H,4,6H2,1H3,(H,13,17,18)/t8-,9+,10+/m0/s1. The van der Waals surface area contributed by atoms with Crippen LogP contribution in [0.4, 0.5) is 0 Å². The van der Waals surface area contributed by atoms with Crippen molar-refractivity contribution in [2.75, 3.05) is 13.7 Å². The molecule has 0 aliphatic carbocycles. The van der Waals surface area contributed by atoms with Crippen LogP contribution in [0.2, 0.25) is 0 Å². The number of hydrogen-bond donors (Lipinski definition) is 3. The Labute approximate surface area is 113 Å². The van der Waals surface area contributed by atoms with Crippen LogP contribution in [0.1, 0.15) is 18.2 Å². The molecule has 0 aromatic carbocycles. The third-order valence-corrected chi connectivity index (χ3v) is 3.07. The molecule has 1 fully saturated rings. The highest BCUT2D eigenvalue weighted by molar-refractivity contribution is 5.44. The maximum absolute atomic E-state index is 11.8. The summed E-state index contributed by atoms with van der Waals surface area (Å²) in [6, 6.07) is 0. The predicted molar refractivity (Wildman–Crippen MR) is 69.0 cm³/mol. The van der Waals surface area contributed by atoms with Crippen LogP contribution in [-0.4, -0.2) is 45.7 Å². The highest BCUT2D eigenvalue weighted by Crippen LogP contribution is 2.27. The smallest absolute Gasteiger partial charge is 0.330 e. The highest BCUT2D eigenvalue weighted by atomic mass is 16.5. The minimum atomic E-state index is -0.859. The van der Waals surface area contributed by atoms with Crippen LogP contribution < -0.4 is 11.2 Å². The number of hydrogen-bond acceptors (Lipinski definition) is 6. The Morgan fingerprint density at radius 1 is 1.60 bits per heavy atom. The first-order valence-corrected chi connectivity index (χ1v) is 6.06. The zero-order chi connectivity index (χ0) is 14.7. The monoisotopic (exact) mass is 284 g/mol. The predicted octanol–water partition coefficient (Wildman–Crippen LogP) is -1.21. The first-order chi connectivity index (χ1) is 9.56. The zero-order valence-electron chi connectivity index (χ0n) is 10.9. The van der Waals surface area contributed by atoms with Crippen LogP contribution in [0.25, 0.3) is 6.08 Å². The zero-order valence-corrected chi connectivity index (χ0v) is 10.9. The maximum atomic E-state index is 11.8. The molecule has 1 aromatic rings. The molecule has 2 rings (SSSR count). The number of nitrogens with one attached hydrogen (secondary N) is 1. The minimum absolute atomic E-state index is 0.157. The quantitative estimate of drug-likeness (QED) is 0.598. The Hall–Kier alpha value is -1.90. The van der Waals surface area contributed by atoms with Gasteiger partial charge in [0.2, 0.25) is 0 Å². The van der Waals surface area contributed by atoms with Crippen molar-refractivity contribution in [1.82, 2.24) is 9.55 Å². The SMILES string of the molecule is COC=Cc1cn([C@H]2C[C@H](O)[C@@H](CO)O2)c(=O)[nH]c1=O. The van der Waals surface area contributed by atoms with Gasteiger partial charge < -0.3 is 19.7 Å². The molecule has 0 spiro atoms. The van der Waals surface area contributed by atoms with Crippen LogP contribution in [0, 0.1) is 0 Å². The average Bonchev–Trinajstić information content (AvgIpc) is 2.79. The van der Waals surface area contributed by atoms with Gasteiger partial charge in [-0.25, -0.2) is 4.79 Å². The van der Waals surface area contributed by atoms with Gasteiger partial charge in [0.15, 0.2) is 0 Å². The Morgan fingerprint density at radius 3 is 2.95 bits per heavy atom. The summed E-state index contributed by atoms with van der Waals surface area (Å²) in [7, 11) is 1.43. The second-order valence-corrected chi connectivity index (χ2v) is 4.40. The van der Waals surface area contributed by atoms with E-state index in [4.69, 9.17) is 14.6 Å². The third-order valence-electron chi connectivity index (χ3n) is 3.07. The normalized spacial score (nSPS) is 26.2. The number of ether oxygens (including phenoxy) is 2. The number of aromatic nitrogens is 2. The third kappa shape index (κ3) is 2.82. The van der Waals surface area contributed by atoms with E-state index in [0.717, 1.165) is 0 Å². The van der Waals surface area contributed by atoms with Crippen LogP contribution >= 0.6 is 0 Å². The van der Waals surface area contributed by atoms with Gasteiger partial charge in [0.05, 0.1) is 31.6 Å². The number of nitrogens with zero attached hydrogens (tertiary/aromatic N) is 1. The second kappa shape index (κ2) is 6.04. The van der Waals surface area contributed by atoms with Gasteiger partial charge in [-0.1, -0.05) is 0 Å². The number of H-pyrrole nitrogens is 1. The second-order valence-electron chi connectivity index (χ2n) is 4.40. The van der Waals surface area contributed by atoms with Crippen LogP contribution in [-0.2, 0) is 9.47 Å². The summed E-state index contributed by atoms with van der Waals surface area (Å²) in [4.78, 5) is 25.5. The van der Waals surface area contributed by atoms with E-state index in [1.165, 1.54) is 30.2 Å². The van der Waals surface area contributed by atoms with Crippen molar-refractivity contribution in [2.45, 2.75) is 24.9 Å². The van der Waals surface area contributed by atoms with Crippen molar-refractivity contribution >= 4 is 6.08 Å². The van der Waals surface area contributed by atoms with Gasteiger partial charge >= 0.3 is 5.69 Å². The lowest BCUT2D eigenvalue weighted by molar-refractivity contribution is -0.0459. The molecule has 1 aliphatic rings. The first-order valence-electron chi connectivity index (χ1n) is 6.06. The van der Waals surface area contributed by atoms with Gasteiger partial charge in [-0.15, -0.1) is 0 Å². The lowest BCUT2D eigenvalue weighted by Crippen LogP contribution is -2.33. The molecule has 3 atom stereocenters. The average molecular weight is 284 g/mol. The van der Waals surface area contributed by atoms with E-state index in [1.54, 1.807) is 0 Å². The van der Waals surface area contributed by atoms with Crippen LogP contribution in [0.3, 0.4) is 0 Å². The molecule has 20 heavy (non-hydrogen) atoms. The molecular weight excluding hydrogens is 268 g/mol. The van der Waals surface area contributed by atoms with Gasteiger partial charge in [-0.3, -0.25) is 14.3 Å². The molecule has 8 nitrogen and oxygen atoms in total. The van der Waals surface area contributed by atoms with Gasteiger partial charge in [-0.2, -0.15) is 0 Å². The fourth-order valence-electron chi connectivity index (χ4n) is 2.03. The molecule has 0 radical (unpaired) electrons. The van der Waals surface area contributed by atoms with E-state index in [9.17, 15) is 14.7 Å². The molecule has 0 unspecified atom stereocenters. The summed E-state index contributed by atoms with van der Waals surface area (Å²) >= 11 is 0. The molecule has 2 heterocycles. The van der Waals surface area contributed by atoms with Crippen LogP contribution in [0.15, 0.2) is 22.0 Å². The summed E-state index contributed by atoms with van der Waals surface area (Å²) in [6.45, 7) is -0.341. The minimum Gasteiger partial charge on any atom is -0.504 e. The lowest BCUT2D eigenvalue weighted by Gasteiger charge is -2.14. The number of aromatic amines is 1. The van der Waals surface area contributed by atoms with Gasteiger partial charge in [0, 0.05) is 12.6 Å². The topological polar surface area (TPSA) is 114 Å². The van der Waals surface area contributed by atoms with E-state index in [-0.39, 0.29) is 18.6 Å². The summed E-state index contributed by atoms with van der Waals surface area (Å²) in [5, 5.41) is 18.7. The molecular formula is C12H16N2O6. The lowest BCUT2D eigenvalue weighted by atomic mass is 10.2. The van der Waals surface area contributed by atoms with Crippen molar-refractivity contribution < 1.29 is 19.7 Å². The largest absolute Gasteiger partial charge is 0.504 e. The molecule has 3 N–H and O–H groups in total. The van der Waals surface area contributed by atoms with Crippen molar-refractivity contribution in [3.63, 3.8) is 0 Å². The summed E-state index contributed by atoms with van der Waals surface area (Å²) < 4.78 is 11.3. The van der Waals surface area contributed by atoms with E-state index in [2.05, 4.69) is 4.98 Å².